The van der Waals surface area contributed by atoms with Crippen molar-refractivity contribution in [3.05, 3.63) is 34.1 Å². The fourth-order valence-corrected chi connectivity index (χ4v) is 1.92. The minimum Gasteiger partial charge on any atom is -0.378 e. The molecule has 8 heteroatoms. The molecule has 0 radical (unpaired) electrons. The molecule has 0 aliphatic carbocycles. The second-order valence-corrected chi connectivity index (χ2v) is 4.40. The number of nitro benzene ring substituents is 1. The monoisotopic (exact) mass is 283 g/mol. The molecule has 0 spiro atoms. The first-order valence-corrected chi connectivity index (χ1v) is 6.11. The van der Waals surface area contributed by atoms with E-state index in [0.29, 0.717) is 19.8 Å². The SMILES string of the molecule is O=C(CC1COCCN1)Nc1ccc(F)c([N+](=O)[O-])c1. The highest BCUT2D eigenvalue weighted by Gasteiger charge is 2.19. The summed E-state index contributed by atoms with van der Waals surface area (Å²) in [5, 5.41) is 16.2. The van der Waals surface area contributed by atoms with Crippen LogP contribution in [0, 0.1) is 15.9 Å². The average molecular weight is 283 g/mol. The van der Waals surface area contributed by atoms with Crippen LogP contribution in [0.4, 0.5) is 15.8 Å². The normalized spacial score (nSPS) is 18.6. The summed E-state index contributed by atoms with van der Waals surface area (Å²) in [7, 11) is 0. The van der Waals surface area contributed by atoms with Crippen LogP contribution in [0.1, 0.15) is 6.42 Å². The van der Waals surface area contributed by atoms with Gasteiger partial charge in [-0.15, -0.1) is 0 Å². The van der Waals surface area contributed by atoms with E-state index in [1.807, 2.05) is 0 Å². The van der Waals surface area contributed by atoms with Gasteiger partial charge in [-0.3, -0.25) is 14.9 Å². The number of hydrogen-bond donors (Lipinski definition) is 2. The van der Waals surface area contributed by atoms with Gasteiger partial charge >= 0.3 is 5.69 Å². The Labute approximate surface area is 114 Å². The third-order valence-corrected chi connectivity index (χ3v) is 2.86. The van der Waals surface area contributed by atoms with E-state index in [9.17, 15) is 19.3 Å². The molecule has 0 aromatic heterocycles. The molecule has 2 N–H and O–H groups in total. The van der Waals surface area contributed by atoms with Gasteiger partial charge in [-0.25, -0.2) is 0 Å². The van der Waals surface area contributed by atoms with Crippen LogP contribution in [0.5, 0.6) is 0 Å². The Bertz CT molecular complexity index is 517. The molecule has 1 unspecified atom stereocenters. The van der Waals surface area contributed by atoms with Crippen molar-refractivity contribution in [2.45, 2.75) is 12.5 Å². The number of nitro groups is 1. The lowest BCUT2D eigenvalue weighted by molar-refractivity contribution is -0.387. The number of nitrogens with zero attached hydrogens (tertiary/aromatic N) is 1. The number of hydrogen-bond acceptors (Lipinski definition) is 5. The van der Waals surface area contributed by atoms with Gasteiger partial charge in [0.1, 0.15) is 0 Å². The van der Waals surface area contributed by atoms with E-state index in [-0.39, 0.29) is 24.1 Å². The molecule has 1 aliphatic heterocycles. The topological polar surface area (TPSA) is 93.5 Å². The molecule has 2 rings (SSSR count). The predicted molar refractivity (Wildman–Crippen MR) is 68.9 cm³/mol. The highest BCUT2D eigenvalue weighted by Crippen LogP contribution is 2.21. The maximum Gasteiger partial charge on any atom is 0.306 e. The van der Waals surface area contributed by atoms with Crippen LogP contribution in [-0.2, 0) is 9.53 Å². The Kier molecular flexibility index (Phi) is 4.59. The molecule has 1 fully saturated rings. The van der Waals surface area contributed by atoms with Crippen molar-refractivity contribution in [2.75, 3.05) is 25.1 Å². The lowest BCUT2D eigenvalue weighted by Crippen LogP contribution is -2.43. The zero-order valence-corrected chi connectivity index (χ0v) is 10.6. The molecule has 1 heterocycles. The van der Waals surface area contributed by atoms with E-state index in [1.165, 1.54) is 6.07 Å². The Morgan fingerprint density at radius 1 is 1.60 bits per heavy atom. The standard InChI is InChI=1S/C12H14FN3O4/c13-10-2-1-8(5-11(10)16(18)19)15-12(17)6-9-7-20-4-3-14-9/h1-2,5,9,14H,3-4,6-7H2,(H,15,17). The van der Waals surface area contributed by atoms with Crippen LogP contribution in [0.25, 0.3) is 0 Å². The summed E-state index contributed by atoms with van der Waals surface area (Å²) in [4.78, 5) is 21.5. The van der Waals surface area contributed by atoms with Gasteiger partial charge in [-0.05, 0) is 12.1 Å². The Morgan fingerprint density at radius 3 is 3.05 bits per heavy atom. The molecule has 7 nitrogen and oxygen atoms in total. The van der Waals surface area contributed by atoms with E-state index in [0.717, 1.165) is 12.1 Å². The molecule has 1 atom stereocenters. The molecule has 20 heavy (non-hydrogen) atoms. The number of amides is 1. The fourth-order valence-electron chi connectivity index (χ4n) is 1.92. The first kappa shape index (κ1) is 14.4. The quantitative estimate of drug-likeness (QED) is 0.636. The van der Waals surface area contributed by atoms with Gasteiger partial charge in [0.15, 0.2) is 0 Å². The number of ether oxygens (including phenoxy) is 1. The molecule has 1 saturated heterocycles. The second kappa shape index (κ2) is 6.40. The molecule has 1 aliphatic rings. The predicted octanol–water partition coefficient (Wildman–Crippen LogP) is 1.05. The van der Waals surface area contributed by atoms with Crippen LogP contribution in [0.3, 0.4) is 0 Å². The van der Waals surface area contributed by atoms with Crippen LogP contribution in [0.2, 0.25) is 0 Å². The van der Waals surface area contributed by atoms with E-state index in [1.54, 1.807) is 0 Å². The summed E-state index contributed by atoms with van der Waals surface area (Å²) >= 11 is 0. The van der Waals surface area contributed by atoms with Crippen molar-refractivity contribution < 1.29 is 18.8 Å². The lowest BCUT2D eigenvalue weighted by atomic mass is 10.2. The van der Waals surface area contributed by atoms with Gasteiger partial charge in [0.05, 0.1) is 18.1 Å². The summed E-state index contributed by atoms with van der Waals surface area (Å²) in [5.41, 5.74) is -0.471. The number of anilines is 1. The molecule has 1 aromatic rings. The fraction of sp³-hybridized carbons (Fsp3) is 0.417. The maximum atomic E-state index is 13.1. The Morgan fingerprint density at radius 2 is 2.40 bits per heavy atom. The summed E-state index contributed by atoms with van der Waals surface area (Å²) in [6.07, 6.45) is 0.186. The van der Waals surface area contributed by atoms with Gasteiger partial charge in [-0.2, -0.15) is 4.39 Å². The number of halogens is 1. The van der Waals surface area contributed by atoms with Crippen molar-refractivity contribution in [2.24, 2.45) is 0 Å². The maximum absolute atomic E-state index is 13.1. The van der Waals surface area contributed by atoms with Crippen molar-refractivity contribution in [1.29, 1.82) is 0 Å². The molecule has 0 bridgehead atoms. The number of benzene rings is 1. The number of nitrogens with one attached hydrogen (secondary N) is 2. The molecule has 108 valence electrons. The van der Waals surface area contributed by atoms with Gasteiger partial charge in [0.25, 0.3) is 0 Å². The van der Waals surface area contributed by atoms with E-state index < -0.39 is 16.4 Å². The highest BCUT2D eigenvalue weighted by atomic mass is 19.1. The van der Waals surface area contributed by atoms with E-state index in [4.69, 9.17) is 4.74 Å². The molecular weight excluding hydrogens is 269 g/mol. The van der Waals surface area contributed by atoms with Crippen molar-refractivity contribution in [1.82, 2.24) is 5.32 Å². The largest absolute Gasteiger partial charge is 0.378 e. The number of carbonyl (C=O) groups excluding carboxylic acids is 1. The van der Waals surface area contributed by atoms with Gasteiger partial charge in [0.2, 0.25) is 11.7 Å². The number of carbonyl (C=O) groups is 1. The second-order valence-electron chi connectivity index (χ2n) is 4.40. The lowest BCUT2D eigenvalue weighted by Gasteiger charge is -2.23. The van der Waals surface area contributed by atoms with Crippen LogP contribution < -0.4 is 10.6 Å². The van der Waals surface area contributed by atoms with Gasteiger partial charge in [-0.1, -0.05) is 0 Å². The van der Waals surface area contributed by atoms with Crippen LogP contribution in [0.15, 0.2) is 18.2 Å². The minimum absolute atomic E-state index is 0.0841. The molecule has 0 saturated carbocycles. The number of morpholine rings is 1. The molecular formula is C12H14FN3O4. The Balaban J connectivity index is 1.96. The third-order valence-electron chi connectivity index (χ3n) is 2.86. The van der Waals surface area contributed by atoms with Gasteiger partial charge < -0.3 is 15.4 Å². The summed E-state index contributed by atoms with van der Waals surface area (Å²) < 4.78 is 18.4. The smallest absolute Gasteiger partial charge is 0.306 e. The van der Waals surface area contributed by atoms with E-state index in [2.05, 4.69) is 10.6 Å². The minimum atomic E-state index is -0.935. The van der Waals surface area contributed by atoms with Gasteiger partial charge in [0, 0.05) is 30.8 Å². The molecule has 1 aromatic carbocycles. The van der Waals surface area contributed by atoms with Crippen LogP contribution >= 0.6 is 0 Å². The first-order valence-electron chi connectivity index (χ1n) is 6.11. The number of rotatable bonds is 4. The van der Waals surface area contributed by atoms with Crippen molar-refractivity contribution >= 4 is 17.3 Å². The highest BCUT2D eigenvalue weighted by molar-refractivity contribution is 5.91. The summed E-state index contributed by atoms with van der Waals surface area (Å²) in [5.74, 6) is -1.25. The first-order chi connectivity index (χ1) is 9.56. The average Bonchev–Trinajstić information content (AvgIpc) is 2.41. The third kappa shape index (κ3) is 3.72. The molecule has 1 amide bonds. The van der Waals surface area contributed by atoms with Crippen molar-refractivity contribution in [3.63, 3.8) is 0 Å². The Hall–Kier alpha value is -2.06. The zero-order valence-electron chi connectivity index (χ0n) is 10.6. The van der Waals surface area contributed by atoms with Crippen molar-refractivity contribution in [3.8, 4) is 0 Å². The van der Waals surface area contributed by atoms with E-state index >= 15 is 0 Å². The summed E-state index contributed by atoms with van der Waals surface area (Å²) in [6, 6.07) is 3.15. The van der Waals surface area contributed by atoms with Crippen LogP contribution in [-0.4, -0.2) is 36.6 Å². The zero-order chi connectivity index (χ0) is 14.5. The summed E-state index contributed by atoms with van der Waals surface area (Å²) in [6.45, 7) is 1.74.